The van der Waals surface area contributed by atoms with Gasteiger partial charge in [-0.05, 0) is 32.4 Å². The first kappa shape index (κ1) is 23.4. The quantitative estimate of drug-likeness (QED) is 0.194. The number of benzene rings is 1. The van der Waals surface area contributed by atoms with Crippen molar-refractivity contribution in [2.45, 2.75) is 65.8 Å². The number of allylic oxidation sites excluding steroid dienone is 1. The molecule has 2 rings (SSSR count). The van der Waals surface area contributed by atoms with E-state index in [-0.39, 0.29) is 23.6 Å². The lowest BCUT2D eigenvalue weighted by Crippen LogP contribution is -2.23. The molecule has 1 heterocycles. The van der Waals surface area contributed by atoms with Gasteiger partial charge in [0, 0.05) is 24.1 Å². The number of nitrogens with zero attached hydrogens (tertiary/aromatic N) is 2. The Morgan fingerprint density at radius 3 is 2.47 bits per heavy atom. The van der Waals surface area contributed by atoms with Crippen LogP contribution in [0.25, 0.3) is 10.9 Å². The number of aromatic nitrogens is 1. The van der Waals surface area contributed by atoms with Gasteiger partial charge >= 0.3 is 0 Å². The average molecular weight is 417 g/mol. The number of rotatable bonds is 12. The van der Waals surface area contributed by atoms with E-state index in [0.29, 0.717) is 23.2 Å². The average Bonchev–Trinajstić information content (AvgIpc) is 2.71. The van der Waals surface area contributed by atoms with Crippen molar-refractivity contribution in [1.82, 2.24) is 4.57 Å². The number of ether oxygens (including phenoxy) is 2. The number of nitro benzene ring substituents is 1. The third kappa shape index (κ3) is 5.84. The summed E-state index contributed by atoms with van der Waals surface area (Å²) in [6.45, 7) is 6.85. The Bertz CT molecular complexity index is 958. The van der Waals surface area contributed by atoms with Gasteiger partial charge in [-0.15, -0.1) is 0 Å². The lowest BCUT2D eigenvalue weighted by atomic mass is 10.1. The van der Waals surface area contributed by atoms with E-state index >= 15 is 0 Å². The lowest BCUT2D eigenvalue weighted by molar-refractivity contribution is -0.384. The molecule has 164 valence electrons. The van der Waals surface area contributed by atoms with E-state index in [1.54, 1.807) is 10.6 Å². The highest BCUT2D eigenvalue weighted by Crippen LogP contribution is 2.34. The minimum absolute atomic E-state index is 0.0565. The molecule has 1 aromatic heterocycles. The minimum Gasteiger partial charge on any atom is -0.488 e. The van der Waals surface area contributed by atoms with Crippen LogP contribution in [0, 0.1) is 10.1 Å². The number of aryl methyl sites for hydroxylation is 1. The zero-order valence-electron chi connectivity index (χ0n) is 18.4. The number of hydrogen-bond donors (Lipinski definition) is 0. The second-order valence-corrected chi connectivity index (χ2v) is 7.64. The van der Waals surface area contributed by atoms with E-state index in [9.17, 15) is 14.9 Å². The number of hydrogen-bond acceptors (Lipinski definition) is 5. The topological polar surface area (TPSA) is 83.6 Å². The summed E-state index contributed by atoms with van der Waals surface area (Å²) in [5, 5.41) is 11.9. The highest BCUT2D eigenvalue weighted by atomic mass is 16.6. The zero-order chi connectivity index (χ0) is 22.1. The van der Waals surface area contributed by atoms with E-state index in [0.717, 1.165) is 24.8 Å². The van der Waals surface area contributed by atoms with Crippen molar-refractivity contribution in [3.8, 4) is 11.5 Å². The molecule has 0 N–H and O–H groups in total. The van der Waals surface area contributed by atoms with Crippen LogP contribution in [-0.2, 0) is 6.54 Å². The number of pyridine rings is 1. The smallest absolute Gasteiger partial charge is 0.297 e. The second kappa shape index (κ2) is 11.4. The lowest BCUT2D eigenvalue weighted by Gasteiger charge is -2.17. The van der Waals surface area contributed by atoms with Crippen LogP contribution < -0.4 is 15.0 Å². The molecule has 2 aromatic rings. The Labute approximate surface area is 177 Å². The fourth-order valence-electron chi connectivity index (χ4n) is 3.39. The van der Waals surface area contributed by atoms with E-state index in [4.69, 9.17) is 9.47 Å². The Balaban J connectivity index is 2.48. The van der Waals surface area contributed by atoms with Crippen LogP contribution in [0.2, 0.25) is 0 Å². The van der Waals surface area contributed by atoms with Gasteiger partial charge in [0.1, 0.15) is 6.61 Å². The summed E-state index contributed by atoms with van der Waals surface area (Å²) in [5.74, 6) is 0.452. The number of non-ortho nitro benzene ring substituents is 1. The van der Waals surface area contributed by atoms with Crippen LogP contribution in [0.3, 0.4) is 0 Å². The summed E-state index contributed by atoms with van der Waals surface area (Å²) < 4.78 is 12.9. The van der Waals surface area contributed by atoms with Gasteiger partial charge in [-0.2, -0.15) is 0 Å². The molecule has 0 aliphatic carbocycles. The van der Waals surface area contributed by atoms with Crippen molar-refractivity contribution >= 4 is 16.6 Å². The van der Waals surface area contributed by atoms with Gasteiger partial charge in [-0.25, -0.2) is 0 Å². The van der Waals surface area contributed by atoms with Crippen molar-refractivity contribution in [2.75, 3.05) is 13.7 Å². The maximum absolute atomic E-state index is 13.2. The predicted octanol–water partition coefficient (Wildman–Crippen LogP) is 5.62. The molecular formula is C23H32N2O5. The van der Waals surface area contributed by atoms with E-state index in [1.165, 1.54) is 38.5 Å². The van der Waals surface area contributed by atoms with Gasteiger partial charge in [-0.1, -0.05) is 44.6 Å². The van der Waals surface area contributed by atoms with Gasteiger partial charge in [0.15, 0.2) is 5.75 Å². The number of methoxy groups -OCH3 is 1. The first-order valence-electron chi connectivity index (χ1n) is 10.6. The normalized spacial score (nSPS) is 10.8. The molecular weight excluding hydrogens is 384 g/mol. The number of nitro groups is 1. The molecule has 0 aliphatic heterocycles. The molecule has 0 saturated heterocycles. The fraction of sp³-hybridized carbons (Fsp3) is 0.522. The molecule has 1 aromatic carbocycles. The van der Waals surface area contributed by atoms with E-state index in [1.807, 2.05) is 19.9 Å². The largest absolute Gasteiger partial charge is 0.488 e. The highest BCUT2D eigenvalue weighted by Gasteiger charge is 2.21. The van der Waals surface area contributed by atoms with E-state index < -0.39 is 4.92 Å². The van der Waals surface area contributed by atoms with Gasteiger partial charge in [-0.3, -0.25) is 14.9 Å². The van der Waals surface area contributed by atoms with Crippen molar-refractivity contribution in [3.05, 3.63) is 50.3 Å². The zero-order valence-corrected chi connectivity index (χ0v) is 18.4. The molecule has 0 spiro atoms. The van der Waals surface area contributed by atoms with Gasteiger partial charge < -0.3 is 14.0 Å². The van der Waals surface area contributed by atoms with Crippen molar-refractivity contribution in [1.29, 1.82) is 0 Å². The molecule has 0 fully saturated rings. The molecule has 7 nitrogen and oxygen atoms in total. The Morgan fingerprint density at radius 2 is 1.83 bits per heavy atom. The van der Waals surface area contributed by atoms with Crippen LogP contribution in [0.5, 0.6) is 11.5 Å². The molecule has 0 amide bonds. The van der Waals surface area contributed by atoms with Crippen LogP contribution in [-0.4, -0.2) is 23.2 Å². The standard InChI is InChI=1S/C23H32N2O5/c1-5-6-7-8-9-10-14-24-20-16-18(25(27)28)11-12-19(20)21(22(29-4)23(24)26)30-15-13-17(2)3/h11-13,16H,5-10,14-15H2,1-4H3. The Kier molecular flexibility index (Phi) is 8.89. The van der Waals surface area contributed by atoms with E-state index in [2.05, 4.69) is 6.92 Å². The monoisotopic (exact) mass is 416 g/mol. The van der Waals surface area contributed by atoms with Crippen molar-refractivity contribution in [3.63, 3.8) is 0 Å². The molecule has 7 heteroatoms. The van der Waals surface area contributed by atoms with Crippen LogP contribution in [0.1, 0.15) is 59.3 Å². The Morgan fingerprint density at radius 1 is 1.13 bits per heavy atom. The minimum atomic E-state index is -0.451. The fourth-order valence-corrected chi connectivity index (χ4v) is 3.39. The van der Waals surface area contributed by atoms with Gasteiger partial charge in [0.2, 0.25) is 5.75 Å². The van der Waals surface area contributed by atoms with Gasteiger partial charge in [0.25, 0.3) is 11.2 Å². The summed E-state index contributed by atoms with van der Waals surface area (Å²) in [6, 6.07) is 4.50. The summed E-state index contributed by atoms with van der Waals surface area (Å²) in [5.41, 5.74) is 1.20. The number of fused-ring (bicyclic) bond motifs is 1. The van der Waals surface area contributed by atoms with Crippen molar-refractivity contribution in [2.24, 2.45) is 0 Å². The summed E-state index contributed by atoms with van der Waals surface area (Å²) >= 11 is 0. The molecule has 0 unspecified atom stereocenters. The molecule has 0 bridgehead atoms. The molecule has 30 heavy (non-hydrogen) atoms. The first-order chi connectivity index (χ1) is 14.4. The summed E-state index contributed by atoms with van der Waals surface area (Å²) in [6.07, 6.45) is 8.41. The number of unbranched alkanes of at least 4 members (excludes halogenated alkanes) is 5. The maximum Gasteiger partial charge on any atom is 0.297 e. The maximum atomic E-state index is 13.2. The molecule has 0 radical (unpaired) electrons. The predicted molar refractivity (Wildman–Crippen MR) is 120 cm³/mol. The van der Waals surface area contributed by atoms with Crippen LogP contribution in [0.4, 0.5) is 5.69 Å². The molecule has 0 atom stereocenters. The highest BCUT2D eigenvalue weighted by molar-refractivity contribution is 5.89. The third-order valence-corrected chi connectivity index (χ3v) is 5.03. The Hall–Kier alpha value is -2.83. The molecule has 0 aliphatic rings. The third-order valence-electron chi connectivity index (χ3n) is 5.03. The van der Waals surface area contributed by atoms with Crippen LogP contribution in [0.15, 0.2) is 34.6 Å². The molecule has 0 saturated carbocycles. The second-order valence-electron chi connectivity index (χ2n) is 7.64. The summed E-state index contributed by atoms with van der Waals surface area (Å²) in [7, 11) is 1.44. The van der Waals surface area contributed by atoms with Crippen molar-refractivity contribution < 1.29 is 14.4 Å². The first-order valence-corrected chi connectivity index (χ1v) is 10.6. The van der Waals surface area contributed by atoms with Crippen LogP contribution >= 0.6 is 0 Å². The summed E-state index contributed by atoms with van der Waals surface area (Å²) in [4.78, 5) is 24.0. The SMILES string of the molecule is CCCCCCCCn1c(=O)c(OC)c(OCC=C(C)C)c2ccc([N+](=O)[O-])cc21. The van der Waals surface area contributed by atoms with Gasteiger partial charge in [0.05, 0.1) is 17.5 Å².